The number of nitrogens with zero attached hydrogens (tertiary/aromatic N) is 4. The number of sulfonamides is 1. The highest BCUT2D eigenvalue weighted by atomic mass is 35.5. The van der Waals surface area contributed by atoms with E-state index in [1.165, 1.54) is 24.5 Å². The molecule has 1 amide bonds. The van der Waals surface area contributed by atoms with Gasteiger partial charge in [0.05, 0.1) is 16.8 Å². The lowest BCUT2D eigenvalue weighted by atomic mass is 10.1. The van der Waals surface area contributed by atoms with Crippen molar-refractivity contribution in [2.75, 3.05) is 0 Å². The van der Waals surface area contributed by atoms with E-state index in [4.69, 9.17) is 11.6 Å². The predicted molar refractivity (Wildman–Crippen MR) is 127 cm³/mol. The van der Waals surface area contributed by atoms with E-state index >= 15 is 0 Å². The van der Waals surface area contributed by atoms with Crippen molar-refractivity contribution in [3.8, 4) is 5.69 Å². The summed E-state index contributed by atoms with van der Waals surface area (Å²) < 4.78 is 29.7. The highest BCUT2D eigenvalue weighted by molar-refractivity contribution is 7.89. The summed E-state index contributed by atoms with van der Waals surface area (Å²) in [4.78, 5) is 20.6. The van der Waals surface area contributed by atoms with E-state index in [-0.39, 0.29) is 28.1 Å². The first-order valence-electron chi connectivity index (χ1n) is 10.3. The largest absolute Gasteiger partial charge is 0.346 e. The van der Waals surface area contributed by atoms with Crippen LogP contribution in [0.1, 0.15) is 34.5 Å². The zero-order chi connectivity index (χ0) is 24.1. The molecule has 0 aliphatic heterocycles. The monoisotopic (exact) mass is 496 g/mol. The molecule has 0 unspecified atom stereocenters. The summed E-state index contributed by atoms with van der Waals surface area (Å²) in [6.45, 7) is 1.88. The highest BCUT2D eigenvalue weighted by Gasteiger charge is 2.21. The molecule has 0 saturated carbocycles. The van der Waals surface area contributed by atoms with Crippen LogP contribution in [-0.2, 0) is 16.6 Å². The molecule has 9 nitrogen and oxygen atoms in total. The standard InChI is InChI=1S/C23H21ClN6O3S/c1-16(18-4-7-20(8-5-18)30-15-26-14-27-30)29-23(31)19-6-9-21(24)22(11-19)34(32,33)28-13-17-3-2-10-25-12-17/h2-12,14-16,28H,13H2,1H3,(H,29,31)/t16-/m0/s1. The first kappa shape index (κ1) is 23.6. The molecule has 0 fully saturated rings. The van der Waals surface area contributed by atoms with Crippen molar-refractivity contribution in [3.63, 3.8) is 0 Å². The molecule has 0 radical (unpaired) electrons. The fraction of sp³-hybridized carbons (Fsp3) is 0.130. The van der Waals surface area contributed by atoms with Gasteiger partial charge >= 0.3 is 0 Å². The number of carbonyl (C=O) groups excluding carboxylic acids is 1. The van der Waals surface area contributed by atoms with Crippen molar-refractivity contribution in [1.82, 2.24) is 29.8 Å². The van der Waals surface area contributed by atoms with Crippen LogP contribution in [0.5, 0.6) is 0 Å². The Morgan fingerprint density at radius 2 is 1.91 bits per heavy atom. The van der Waals surface area contributed by atoms with Crippen molar-refractivity contribution in [2.24, 2.45) is 0 Å². The number of aromatic nitrogens is 4. The number of amides is 1. The van der Waals surface area contributed by atoms with E-state index in [2.05, 4.69) is 25.1 Å². The van der Waals surface area contributed by atoms with Crippen LogP contribution in [0.15, 0.2) is 84.5 Å². The summed E-state index contributed by atoms with van der Waals surface area (Å²) in [7, 11) is -3.96. The number of hydrogen-bond donors (Lipinski definition) is 2. The number of benzene rings is 2. The molecule has 0 spiro atoms. The molecule has 0 saturated heterocycles. The molecule has 1 atom stereocenters. The number of pyridine rings is 1. The summed E-state index contributed by atoms with van der Waals surface area (Å²) in [6, 6.07) is 14.8. The first-order valence-corrected chi connectivity index (χ1v) is 12.1. The average Bonchev–Trinajstić information content (AvgIpc) is 3.39. The summed E-state index contributed by atoms with van der Waals surface area (Å²) in [5.41, 5.74) is 2.58. The van der Waals surface area contributed by atoms with Crippen LogP contribution in [0, 0.1) is 0 Å². The lowest BCUT2D eigenvalue weighted by Gasteiger charge is -2.16. The molecule has 34 heavy (non-hydrogen) atoms. The van der Waals surface area contributed by atoms with Gasteiger partial charge in [-0.3, -0.25) is 9.78 Å². The number of halogens is 1. The molecule has 4 rings (SSSR count). The fourth-order valence-corrected chi connectivity index (χ4v) is 4.77. The molecular weight excluding hydrogens is 476 g/mol. The minimum atomic E-state index is -3.96. The zero-order valence-corrected chi connectivity index (χ0v) is 19.7. The Balaban J connectivity index is 1.46. The lowest BCUT2D eigenvalue weighted by molar-refractivity contribution is 0.0939. The van der Waals surface area contributed by atoms with Crippen LogP contribution in [0.4, 0.5) is 0 Å². The van der Waals surface area contributed by atoms with Gasteiger partial charge in [0.1, 0.15) is 17.6 Å². The molecule has 2 N–H and O–H groups in total. The molecule has 0 bridgehead atoms. The SMILES string of the molecule is C[C@H](NC(=O)c1ccc(Cl)c(S(=O)(=O)NCc2cccnc2)c1)c1ccc(-n2cncn2)cc1. The van der Waals surface area contributed by atoms with Gasteiger partial charge in [0, 0.05) is 24.5 Å². The summed E-state index contributed by atoms with van der Waals surface area (Å²) >= 11 is 6.15. The number of hydrogen-bond acceptors (Lipinski definition) is 6. The van der Waals surface area contributed by atoms with Gasteiger partial charge < -0.3 is 5.32 Å². The topological polar surface area (TPSA) is 119 Å². The summed E-state index contributed by atoms with van der Waals surface area (Å²) in [6.07, 6.45) is 6.21. The van der Waals surface area contributed by atoms with E-state index in [9.17, 15) is 13.2 Å². The molecule has 0 aliphatic carbocycles. The Morgan fingerprint density at radius 1 is 1.12 bits per heavy atom. The maximum absolute atomic E-state index is 12.9. The number of rotatable bonds is 8. The maximum atomic E-state index is 12.9. The molecule has 4 aromatic rings. The second-order valence-corrected chi connectivity index (χ2v) is 9.60. The van der Waals surface area contributed by atoms with Crippen LogP contribution in [-0.4, -0.2) is 34.1 Å². The van der Waals surface area contributed by atoms with Crippen molar-refractivity contribution in [2.45, 2.75) is 24.4 Å². The number of nitrogens with one attached hydrogen (secondary N) is 2. The van der Waals surface area contributed by atoms with E-state index in [0.29, 0.717) is 5.56 Å². The quantitative estimate of drug-likeness (QED) is 0.386. The minimum absolute atomic E-state index is 0.0204. The van der Waals surface area contributed by atoms with Crippen LogP contribution in [0.3, 0.4) is 0 Å². The van der Waals surface area contributed by atoms with Gasteiger partial charge in [-0.25, -0.2) is 22.8 Å². The Morgan fingerprint density at radius 3 is 2.59 bits per heavy atom. The van der Waals surface area contributed by atoms with Crippen molar-refractivity contribution >= 4 is 27.5 Å². The maximum Gasteiger partial charge on any atom is 0.251 e. The second kappa shape index (κ2) is 10.1. The third-order valence-electron chi connectivity index (χ3n) is 5.10. The molecule has 2 aromatic heterocycles. The summed E-state index contributed by atoms with van der Waals surface area (Å²) in [5, 5.41) is 6.98. The van der Waals surface area contributed by atoms with Crippen LogP contribution >= 0.6 is 11.6 Å². The van der Waals surface area contributed by atoms with Crippen molar-refractivity contribution in [3.05, 3.63) is 101 Å². The smallest absolute Gasteiger partial charge is 0.251 e. The van der Waals surface area contributed by atoms with Gasteiger partial charge in [-0.1, -0.05) is 29.8 Å². The molecule has 2 heterocycles. The van der Waals surface area contributed by atoms with E-state index in [1.54, 1.807) is 35.5 Å². The Labute approximate surface area is 201 Å². The Kier molecular flexibility index (Phi) is 7.01. The number of carbonyl (C=O) groups is 1. The Hall–Kier alpha value is -3.60. The van der Waals surface area contributed by atoms with E-state index < -0.39 is 15.9 Å². The van der Waals surface area contributed by atoms with E-state index in [1.807, 2.05) is 31.2 Å². The van der Waals surface area contributed by atoms with E-state index in [0.717, 1.165) is 11.3 Å². The molecule has 0 aliphatic rings. The van der Waals surface area contributed by atoms with Crippen LogP contribution in [0.2, 0.25) is 5.02 Å². The fourth-order valence-electron chi connectivity index (χ4n) is 3.23. The van der Waals surface area contributed by atoms with Crippen molar-refractivity contribution in [1.29, 1.82) is 0 Å². The van der Waals surface area contributed by atoms with Gasteiger partial charge in [0.2, 0.25) is 10.0 Å². The predicted octanol–water partition coefficient (Wildman–Crippen LogP) is 3.29. The normalized spacial score (nSPS) is 12.3. The van der Waals surface area contributed by atoms with Gasteiger partial charge in [0.15, 0.2) is 0 Å². The van der Waals surface area contributed by atoms with Gasteiger partial charge in [-0.2, -0.15) is 5.10 Å². The molecule has 11 heteroatoms. The highest BCUT2D eigenvalue weighted by Crippen LogP contribution is 2.24. The zero-order valence-electron chi connectivity index (χ0n) is 18.1. The molecule has 2 aromatic carbocycles. The van der Waals surface area contributed by atoms with Crippen LogP contribution < -0.4 is 10.0 Å². The van der Waals surface area contributed by atoms with Gasteiger partial charge in [-0.15, -0.1) is 0 Å². The third-order valence-corrected chi connectivity index (χ3v) is 6.98. The third kappa shape index (κ3) is 5.48. The summed E-state index contributed by atoms with van der Waals surface area (Å²) in [5.74, 6) is -0.423. The Bertz CT molecular complexity index is 1380. The first-order chi connectivity index (χ1) is 16.3. The lowest BCUT2D eigenvalue weighted by Crippen LogP contribution is -2.28. The van der Waals surface area contributed by atoms with Gasteiger partial charge in [-0.05, 0) is 54.4 Å². The molecular formula is C23H21ClN6O3S. The molecule has 174 valence electrons. The average molecular weight is 497 g/mol. The second-order valence-electron chi connectivity index (χ2n) is 7.46. The van der Waals surface area contributed by atoms with Crippen molar-refractivity contribution < 1.29 is 13.2 Å². The minimum Gasteiger partial charge on any atom is -0.346 e. The van der Waals surface area contributed by atoms with Crippen LogP contribution in [0.25, 0.3) is 5.69 Å². The van der Waals surface area contributed by atoms with Gasteiger partial charge in [0.25, 0.3) is 5.91 Å².